The maximum absolute atomic E-state index is 12.9. The van der Waals surface area contributed by atoms with Crippen LogP contribution in [-0.2, 0) is 14.8 Å². The number of nitrogens with zero attached hydrogens (tertiary/aromatic N) is 1. The number of hydrogen-bond donors (Lipinski definition) is 1. The summed E-state index contributed by atoms with van der Waals surface area (Å²) in [6.07, 6.45) is 1.34. The van der Waals surface area contributed by atoms with Crippen LogP contribution in [0.25, 0.3) is 10.8 Å². The van der Waals surface area contributed by atoms with Gasteiger partial charge in [0, 0.05) is 12.1 Å². The number of fused-ring (bicyclic) bond motifs is 1. The summed E-state index contributed by atoms with van der Waals surface area (Å²) >= 11 is 0. The molecule has 24 heavy (non-hydrogen) atoms. The van der Waals surface area contributed by atoms with Crippen LogP contribution in [0.15, 0.2) is 42.5 Å². The normalized spacial score (nSPS) is 20.5. The molecule has 0 bridgehead atoms. The van der Waals surface area contributed by atoms with Crippen LogP contribution in [0.3, 0.4) is 0 Å². The van der Waals surface area contributed by atoms with Crippen LogP contribution < -0.4 is 4.72 Å². The molecule has 1 heterocycles. The predicted molar refractivity (Wildman–Crippen MR) is 91.0 cm³/mol. The van der Waals surface area contributed by atoms with Crippen LogP contribution in [0.1, 0.15) is 23.7 Å². The smallest absolute Gasteiger partial charge is 0.259 e. The molecule has 2 aromatic rings. The highest BCUT2D eigenvalue weighted by molar-refractivity contribution is 7.89. The first-order valence-electron chi connectivity index (χ1n) is 7.54. The summed E-state index contributed by atoms with van der Waals surface area (Å²) in [5.74, 6) is -0.950. The number of amides is 2. The number of carbonyl (C=O) groups excluding carboxylic acids is 2. The van der Waals surface area contributed by atoms with E-state index >= 15 is 0 Å². The highest BCUT2D eigenvalue weighted by Crippen LogP contribution is 2.33. The van der Waals surface area contributed by atoms with E-state index in [0.717, 1.165) is 17.0 Å². The molecule has 0 radical (unpaired) electrons. The van der Waals surface area contributed by atoms with Crippen molar-refractivity contribution in [3.63, 3.8) is 0 Å². The Labute approximate surface area is 140 Å². The second-order valence-corrected chi connectivity index (χ2v) is 7.96. The molecular formula is C17H18N2O4S. The quantitative estimate of drug-likeness (QED) is 0.913. The van der Waals surface area contributed by atoms with Gasteiger partial charge in [-0.1, -0.05) is 36.4 Å². The van der Waals surface area contributed by atoms with E-state index in [0.29, 0.717) is 18.5 Å². The third-order valence-corrected chi connectivity index (χ3v) is 5.01. The van der Waals surface area contributed by atoms with E-state index in [2.05, 4.69) is 0 Å². The van der Waals surface area contributed by atoms with Crippen molar-refractivity contribution in [3.8, 4) is 0 Å². The molecular weight excluding hydrogens is 328 g/mol. The van der Waals surface area contributed by atoms with Gasteiger partial charge in [-0.2, -0.15) is 0 Å². The minimum atomic E-state index is -3.67. The monoisotopic (exact) mass is 346 g/mol. The third-order valence-electron chi connectivity index (χ3n) is 4.45. The van der Waals surface area contributed by atoms with E-state index in [-0.39, 0.29) is 5.91 Å². The van der Waals surface area contributed by atoms with E-state index in [4.69, 9.17) is 0 Å². The molecule has 6 nitrogen and oxygen atoms in total. The van der Waals surface area contributed by atoms with Crippen LogP contribution in [0, 0.1) is 0 Å². The Hall–Kier alpha value is -2.41. The maximum Gasteiger partial charge on any atom is 0.259 e. The van der Waals surface area contributed by atoms with Gasteiger partial charge in [-0.15, -0.1) is 0 Å². The van der Waals surface area contributed by atoms with Gasteiger partial charge in [-0.25, -0.2) is 8.42 Å². The van der Waals surface area contributed by atoms with Gasteiger partial charge in [0.05, 0.1) is 6.26 Å². The molecule has 1 atom stereocenters. The molecule has 1 saturated heterocycles. The molecule has 0 aromatic heterocycles. The molecule has 1 aliphatic heterocycles. The molecule has 7 heteroatoms. The number of sulfonamides is 1. The lowest BCUT2D eigenvalue weighted by Gasteiger charge is -2.48. The fourth-order valence-corrected chi connectivity index (χ4v) is 3.51. The maximum atomic E-state index is 12.9. The molecule has 1 N–H and O–H groups in total. The Balaban J connectivity index is 1.94. The Bertz CT molecular complexity index is 933. The van der Waals surface area contributed by atoms with E-state index in [1.165, 1.54) is 4.90 Å². The largest absolute Gasteiger partial charge is 0.324 e. The Morgan fingerprint density at radius 3 is 2.42 bits per heavy atom. The summed E-state index contributed by atoms with van der Waals surface area (Å²) in [6.45, 7) is 2.00. The lowest BCUT2D eigenvalue weighted by Crippen LogP contribution is -2.67. The number of hydrogen-bond acceptors (Lipinski definition) is 4. The highest BCUT2D eigenvalue weighted by atomic mass is 32.2. The molecule has 3 rings (SSSR count). The van der Waals surface area contributed by atoms with Crippen LogP contribution in [-0.4, -0.2) is 43.5 Å². The van der Waals surface area contributed by atoms with Crippen LogP contribution in [0.4, 0.5) is 0 Å². The number of likely N-dealkylation sites (tertiary alicyclic amines) is 1. The van der Waals surface area contributed by atoms with Crippen molar-refractivity contribution in [2.45, 2.75) is 18.9 Å². The van der Waals surface area contributed by atoms with Crippen molar-refractivity contribution in [1.29, 1.82) is 0 Å². The molecule has 1 aliphatic rings. The summed E-state index contributed by atoms with van der Waals surface area (Å²) in [6, 6.07) is 12.9. The number of nitrogens with one attached hydrogen (secondary N) is 1. The molecule has 2 aromatic carbocycles. The molecule has 126 valence electrons. The highest BCUT2D eigenvalue weighted by Gasteiger charge is 2.50. The zero-order chi connectivity index (χ0) is 17.5. The first kappa shape index (κ1) is 16.4. The minimum Gasteiger partial charge on any atom is -0.324 e. The van der Waals surface area contributed by atoms with Crippen molar-refractivity contribution in [2.24, 2.45) is 0 Å². The number of rotatable bonds is 3. The summed E-state index contributed by atoms with van der Waals surface area (Å²) in [7, 11) is -3.67. The molecule has 2 amide bonds. The fraction of sp³-hybridized carbons (Fsp3) is 0.294. The van der Waals surface area contributed by atoms with Crippen LogP contribution in [0.2, 0.25) is 0 Å². The van der Waals surface area contributed by atoms with Gasteiger partial charge in [-0.3, -0.25) is 14.3 Å². The van der Waals surface area contributed by atoms with Crippen molar-refractivity contribution in [3.05, 3.63) is 48.0 Å². The van der Waals surface area contributed by atoms with Gasteiger partial charge in [-0.05, 0) is 30.2 Å². The summed E-state index contributed by atoms with van der Waals surface area (Å²) < 4.78 is 24.6. The van der Waals surface area contributed by atoms with Gasteiger partial charge in [0.2, 0.25) is 10.0 Å². The molecule has 0 saturated carbocycles. The Morgan fingerprint density at radius 2 is 1.79 bits per heavy atom. The van der Waals surface area contributed by atoms with Gasteiger partial charge in [0.15, 0.2) is 0 Å². The van der Waals surface area contributed by atoms with Gasteiger partial charge < -0.3 is 4.90 Å². The third kappa shape index (κ3) is 2.75. The predicted octanol–water partition coefficient (Wildman–Crippen LogP) is 1.52. The first-order valence-corrected chi connectivity index (χ1v) is 9.43. The second-order valence-electron chi connectivity index (χ2n) is 6.21. The fourth-order valence-electron chi connectivity index (χ4n) is 2.96. The van der Waals surface area contributed by atoms with Crippen molar-refractivity contribution in [2.75, 3.05) is 12.8 Å². The van der Waals surface area contributed by atoms with Crippen molar-refractivity contribution < 1.29 is 18.0 Å². The summed E-state index contributed by atoms with van der Waals surface area (Å²) in [5.41, 5.74) is -0.650. The minimum absolute atomic E-state index is 0.274. The van der Waals surface area contributed by atoms with Gasteiger partial charge in [0.1, 0.15) is 5.54 Å². The zero-order valence-corrected chi connectivity index (χ0v) is 14.3. The van der Waals surface area contributed by atoms with Crippen LogP contribution >= 0.6 is 0 Å². The molecule has 1 fully saturated rings. The average Bonchev–Trinajstić information content (AvgIpc) is 2.50. The van der Waals surface area contributed by atoms with E-state index in [1.807, 2.05) is 35.1 Å². The Morgan fingerprint density at radius 1 is 1.12 bits per heavy atom. The van der Waals surface area contributed by atoms with Crippen molar-refractivity contribution in [1.82, 2.24) is 9.62 Å². The number of carbonyl (C=O) groups is 2. The van der Waals surface area contributed by atoms with Crippen LogP contribution in [0.5, 0.6) is 0 Å². The van der Waals surface area contributed by atoms with Gasteiger partial charge in [0.25, 0.3) is 11.8 Å². The van der Waals surface area contributed by atoms with Gasteiger partial charge >= 0.3 is 0 Å². The second kappa shape index (κ2) is 5.59. The lowest BCUT2D eigenvalue weighted by atomic mass is 9.84. The van der Waals surface area contributed by atoms with E-state index < -0.39 is 21.5 Å². The SMILES string of the molecule is CC1(C(=O)NS(C)(=O)=O)CCN1C(=O)c1cccc2ccccc12. The molecule has 1 unspecified atom stereocenters. The first-order chi connectivity index (χ1) is 11.2. The average molecular weight is 346 g/mol. The summed E-state index contributed by atoms with van der Waals surface area (Å²) in [5, 5.41) is 1.74. The Kier molecular flexibility index (Phi) is 3.83. The topological polar surface area (TPSA) is 83.6 Å². The molecule has 0 aliphatic carbocycles. The molecule has 0 spiro atoms. The van der Waals surface area contributed by atoms with E-state index in [1.54, 1.807) is 19.1 Å². The standard InChI is InChI=1S/C17H18N2O4S/c1-17(16(21)18-24(2,22)23)10-11-19(17)15(20)14-9-5-7-12-6-3-4-8-13(12)14/h3-9H,10-11H2,1-2H3,(H,18,21). The van der Waals surface area contributed by atoms with E-state index in [9.17, 15) is 18.0 Å². The lowest BCUT2D eigenvalue weighted by molar-refractivity contribution is -0.135. The number of benzene rings is 2. The van der Waals surface area contributed by atoms with Crippen molar-refractivity contribution >= 4 is 32.6 Å². The zero-order valence-electron chi connectivity index (χ0n) is 13.4. The summed E-state index contributed by atoms with van der Waals surface area (Å²) in [4.78, 5) is 26.6.